The molecule has 0 rings (SSSR count). The van der Waals surface area contributed by atoms with Crippen LogP contribution in [0.5, 0.6) is 0 Å². The van der Waals surface area contributed by atoms with E-state index in [9.17, 15) is 19.2 Å². The lowest BCUT2D eigenvalue weighted by molar-refractivity contribution is -0.139. The van der Waals surface area contributed by atoms with Gasteiger partial charge in [0.1, 0.15) is 12.6 Å². The van der Waals surface area contributed by atoms with Crippen molar-refractivity contribution >= 4 is 23.8 Å². The van der Waals surface area contributed by atoms with Gasteiger partial charge in [-0.2, -0.15) is 0 Å². The molecule has 0 spiro atoms. The summed E-state index contributed by atoms with van der Waals surface area (Å²) in [5.74, 6) is -2.29. The summed E-state index contributed by atoms with van der Waals surface area (Å²) in [5.41, 5.74) is 4.93. The molecule has 4 amide bonds. The Labute approximate surface area is 116 Å². The molecular formula is C11H20N4O5. The van der Waals surface area contributed by atoms with Gasteiger partial charge in [-0.05, 0) is 13.3 Å². The van der Waals surface area contributed by atoms with E-state index in [4.69, 9.17) is 10.8 Å². The largest absolute Gasteiger partial charge is 0.480 e. The first-order chi connectivity index (χ1) is 9.31. The standard InChI is InChI=1S/C11H20N4O5/c1-3-15(6-9(17)13-2)11(20)14-7(10(18)19)4-5-8(12)16/h7H,3-6H2,1-2H3,(H2,12,16)(H,13,17)(H,14,20)(H,18,19)/t7-/m1/s1. The number of hydrogen-bond donors (Lipinski definition) is 4. The number of carboxylic acids is 1. The normalized spacial score (nSPS) is 11.3. The fraction of sp³-hybridized carbons (Fsp3) is 0.636. The van der Waals surface area contributed by atoms with Gasteiger partial charge >= 0.3 is 12.0 Å². The van der Waals surface area contributed by atoms with E-state index < -0.39 is 23.9 Å². The van der Waals surface area contributed by atoms with Gasteiger partial charge in [0.05, 0.1) is 0 Å². The minimum Gasteiger partial charge on any atom is -0.480 e. The number of hydrogen-bond acceptors (Lipinski definition) is 4. The van der Waals surface area contributed by atoms with Crippen molar-refractivity contribution in [3.05, 3.63) is 0 Å². The fourth-order valence-electron chi connectivity index (χ4n) is 1.36. The fourth-order valence-corrected chi connectivity index (χ4v) is 1.36. The van der Waals surface area contributed by atoms with Crippen LogP contribution in [0, 0.1) is 0 Å². The van der Waals surface area contributed by atoms with Gasteiger partial charge in [0, 0.05) is 20.0 Å². The van der Waals surface area contributed by atoms with Crippen molar-refractivity contribution in [2.45, 2.75) is 25.8 Å². The number of rotatable bonds is 8. The van der Waals surface area contributed by atoms with Gasteiger partial charge in [-0.15, -0.1) is 0 Å². The van der Waals surface area contributed by atoms with E-state index >= 15 is 0 Å². The number of likely N-dealkylation sites (N-methyl/N-ethyl adjacent to an activating group) is 2. The number of nitrogens with one attached hydrogen (secondary N) is 2. The van der Waals surface area contributed by atoms with Crippen molar-refractivity contribution in [3.63, 3.8) is 0 Å². The lowest BCUT2D eigenvalue weighted by Gasteiger charge is -2.23. The highest BCUT2D eigenvalue weighted by Gasteiger charge is 2.23. The summed E-state index contributed by atoms with van der Waals surface area (Å²) in [7, 11) is 1.43. The van der Waals surface area contributed by atoms with Crippen LogP contribution >= 0.6 is 0 Å². The van der Waals surface area contributed by atoms with Crippen molar-refractivity contribution < 1.29 is 24.3 Å². The van der Waals surface area contributed by atoms with E-state index in [1.165, 1.54) is 7.05 Å². The summed E-state index contributed by atoms with van der Waals surface area (Å²) in [5, 5.41) is 13.6. The number of nitrogens with two attached hydrogens (primary N) is 1. The molecule has 20 heavy (non-hydrogen) atoms. The van der Waals surface area contributed by atoms with Crippen LogP contribution in [0.15, 0.2) is 0 Å². The quantitative estimate of drug-likeness (QED) is 0.429. The lowest BCUT2D eigenvalue weighted by Crippen LogP contribution is -2.50. The molecule has 0 bridgehead atoms. The third kappa shape index (κ3) is 6.57. The molecule has 1 atom stereocenters. The van der Waals surface area contributed by atoms with Gasteiger partial charge < -0.3 is 26.4 Å². The molecule has 9 nitrogen and oxygen atoms in total. The maximum atomic E-state index is 11.8. The van der Waals surface area contributed by atoms with Crippen molar-refractivity contribution in [1.29, 1.82) is 0 Å². The predicted octanol–water partition coefficient (Wildman–Crippen LogP) is -1.52. The smallest absolute Gasteiger partial charge is 0.326 e. The molecule has 0 saturated carbocycles. The van der Waals surface area contributed by atoms with Crippen LogP contribution in [0.3, 0.4) is 0 Å². The van der Waals surface area contributed by atoms with E-state index in [0.717, 1.165) is 4.90 Å². The molecule has 0 heterocycles. The van der Waals surface area contributed by atoms with Crippen LogP contribution in [0.4, 0.5) is 4.79 Å². The summed E-state index contributed by atoms with van der Waals surface area (Å²) in [4.78, 5) is 45.8. The number of amides is 4. The summed E-state index contributed by atoms with van der Waals surface area (Å²) in [6, 6.07) is -1.92. The summed E-state index contributed by atoms with van der Waals surface area (Å²) in [6.45, 7) is 1.71. The van der Waals surface area contributed by atoms with Crippen molar-refractivity contribution in [1.82, 2.24) is 15.5 Å². The van der Waals surface area contributed by atoms with Crippen LogP contribution in [-0.2, 0) is 14.4 Å². The molecular weight excluding hydrogens is 268 g/mol. The zero-order valence-corrected chi connectivity index (χ0v) is 11.5. The zero-order valence-electron chi connectivity index (χ0n) is 11.5. The Morgan fingerprint density at radius 2 is 1.90 bits per heavy atom. The first-order valence-corrected chi connectivity index (χ1v) is 6.08. The molecule has 0 aromatic heterocycles. The van der Waals surface area contributed by atoms with E-state index in [-0.39, 0.29) is 31.8 Å². The van der Waals surface area contributed by atoms with Crippen molar-refractivity contribution in [3.8, 4) is 0 Å². The average Bonchev–Trinajstić information content (AvgIpc) is 2.39. The second kappa shape index (κ2) is 8.73. The average molecular weight is 288 g/mol. The van der Waals surface area contributed by atoms with Crippen molar-refractivity contribution in [2.75, 3.05) is 20.1 Å². The molecule has 5 N–H and O–H groups in total. The highest BCUT2D eigenvalue weighted by molar-refractivity contribution is 5.86. The van der Waals surface area contributed by atoms with Crippen LogP contribution in [0.1, 0.15) is 19.8 Å². The zero-order chi connectivity index (χ0) is 15.7. The molecule has 0 aromatic carbocycles. The van der Waals surface area contributed by atoms with E-state index in [1.54, 1.807) is 6.92 Å². The number of carboxylic acid groups (broad SMARTS) is 1. The molecule has 9 heteroatoms. The summed E-state index contributed by atoms with van der Waals surface area (Å²) in [6.07, 6.45) is -0.257. The van der Waals surface area contributed by atoms with Gasteiger partial charge in [0.15, 0.2) is 0 Å². The number of primary amides is 1. The third-order valence-corrected chi connectivity index (χ3v) is 2.56. The molecule has 0 radical (unpaired) electrons. The van der Waals surface area contributed by atoms with Crippen LogP contribution < -0.4 is 16.4 Å². The predicted molar refractivity (Wildman–Crippen MR) is 69.7 cm³/mol. The van der Waals surface area contributed by atoms with Gasteiger partial charge in [0.2, 0.25) is 11.8 Å². The number of aliphatic carboxylic acids is 1. The Morgan fingerprint density at radius 3 is 2.30 bits per heavy atom. The van der Waals surface area contributed by atoms with E-state index in [2.05, 4.69) is 10.6 Å². The Kier molecular flexibility index (Phi) is 7.71. The topological polar surface area (TPSA) is 142 Å². The highest BCUT2D eigenvalue weighted by atomic mass is 16.4. The van der Waals surface area contributed by atoms with Gasteiger partial charge in [-0.1, -0.05) is 0 Å². The molecule has 0 aromatic rings. The van der Waals surface area contributed by atoms with Gasteiger partial charge in [0.25, 0.3) is 0 Å². The third-order valence-electron chi connectivity index (χ3n) is 2.56. The molecule has 0 aliphatic rings. The number of carbonyl (C=O) groups is 4. The number of nitrogens with zero attached hydrogens (tertiary/aromatic N) is 1. The van der Waals surface area contributed by atoms with Crippen molar-refractivity contribution in [2.24, 2.45) is 5.73 Å². The Morgan fingerprint density at radius 1 is 1.30 bits per heavy atom. The van der Waals surface area contributed by atoms with E-state index in [0.29, 0.717) is 0 Å². The van der Waals surface area contributed by atoms with Gasteiger partial charge in [-0.25, -0.2) is 9.59 Å². The molecule has 114 valence electrons. The van der Waals surface area contributed by atoms with Crippen LogP contribution in [0.2, 0.25) is 0 Å². The lowest BCUT2D eigenvalue weighted by atomic mass is 10.1. The molecule has 0 aliphatic heterocycles. The van der Waals surface area contributed by atoms with Crippen LogP contribution in [0.25, 0.3) is 0 Å². The monoisotopic (exact) mass is 288 g/mol. The first kappa shape index (κ1) is 17.7. The van der Waals surface area contributed by atoms with E-state index in [1.807, 2.05) is 0 Å². The second-order valence-electron chi connectivity index (χ2n) is 4.03. The SMILES string of the molecule is CCN(CC(=O)NC)C(=O)N[C@H](CCC(N)=O)C(=O)O. The molecule has 0 fully saturated rings. The number of carbonyl (C=O) groups excluding carboxylic acids is 3. The first-order valence-electron chi connectivity index (χ1n) is 6.08. The number of urea groups is 1. The summed E-state index contributed by atoms with van der Waals surface area (Å²) < 4.78 is 0. The maximum Gasteiger partial charge on any atom is 0.326 e. The Hall–Kier alpha value is -2.32. The summed E-state index contributed by atoms with van der Waals surface area (Å²) >= 11 is 0. The maximum absolute atomic E-state index is 11.8. The van der Waals surface area contributed by atoms with Gasteiger partial charge in [-0.3, -0.25) is 9.59 Å². The Bertz CT molecular complexity index is 385. The van der Waals surface area contributed by atoms with Crippen LogP contribution in [-0.4, -0.2) is 60.0 Å². The molecule has 0 saturated heterocycles. The minimum atomic E-state index is -1.27. The highest BCUT2D eigenvalue weighted by Crippen LogP contribution is 1.99. The molecule has 0 unspecified atom stereocenters. The Balaban J connectivity index is 4.59. The second-order valence-corrected chi connectivity index (χ2v) is 4.03. The molecule has 0 aliphatic carbocycles. The minimum absolute atomic E-state index is 0.103.